The van der Waals surface area contributed by atoms with E-state index in [1.54, 1.807) is 11.8 Å². The van der Waals surface area contributed by atoms with Crippen LogP contribution in [0.5, 0.6) is 0 Å². The van der Waals surface area contributed by atoms with Crippen molar-refractivity contribution in [2.24, 2.45) is 0 Å². The van der Waals surface area contributed by atoms with Crippen LogP contribution in [0, 0.1) is 36.5 Å². The molecule has 0 aliphatic rings. The average molecular weight is 993 g/mol. The zero-order valence-corrected chi connectivity index (χ0v) is 31.3. The molecule has 0 atom stereocenters. The Balaban J connectivity index is 0.000000263. The van der Waals surface area contributed by atoms with Crippen LogP contribution in [0.3, 0.4) is 0 Å². The van der Waals surface area contributed by atoms with E-state index in [-0.39, 0.29) is 44.8 Å². The molecule has 0 saturated heterocycles. The fourth-order valence-corrected chi connectivity index (χ4v) is 9.85. The molecule has 0 aliphatic carbocycles. The molecule has 0 aromatic heterocycles. The van der Waals surface area contributed by atoms with Gasteiger partial charge < -0.3 is 24.7 Å². The van der Waals surface area contributed by atoms with Crippen LogP contribution in [0.4, 0.5) is 0 Å². The van der Waals surface area contributed by atoms with Crippen LogP contribution < -0.4 is 31.8 Å². The zero-order chi connectivity index (χ0) is 30.7. The Hall–Kier alpha value is -3.66. The first kappa shape index (κ1) is 38.5. The zero-order valence-electron chi connectivity index (χ0n) is 24.9. The molecule has 0 N–H and O–H groups in total. The van der Waals surface area contributed by atoms with E-state index in [0.717, 1.165) is 0 Å². The van der Waals surface area contributed by atoms with E-state index in [9.17, 15) is 0 Å². The second-order valence-electron chi connectivity index (χ2n) is 9.45. The van der Waals surface area contributed by atoms with Crippen LogP contribution in [0.15, 0.2) is 182 Å². The topological polar surface area (TPSA) is 0 Å². The third-order valence-corrected chi connectivity index (χ3v) is 12.0. The fraction of sp³-hybridized carbons (Fsp3) is 0. The Labute approximate surface area is 308 Å². The molecule has 0 saturated carbocycles. The van der Waals surface area contributed by atoms with Gasteiger partial charge in [0.1, 0.15) is 31.8 Å². The van der Waals surface area contributed by atoms with Crippen LogP contribution in [-0.4, -0.2) is 0 Å². The molecule has 0 amide bonds. The summed E-state index contributed by atoms with van der Waals surface area (Å²) in [6.07, 6.45) is 12.3. The van der Waals surface area contributed by atoms with E-state index < -0.39 is 15.8 Å². The Kier molecular flexibility index (Phi) is 19.1. The molecule has 6 aromatic rings. The van der Waals surface area contributed by atoms with Crippen LogP contribution >= 0.6 is 15.8 Å². The van der Waals surface area contributed by atoms with E-state index in [4.69, 9.17) is 12.8 Å². The fourth-order valence-electron chi connectivity index (χ4n) is 4.69. The van der Waals surface area contributed by atoms with Gasteiger partial charge in [0.05, 0.1) is 15.8 Å². The first-order chi connectivity index (χ1) is 21.8. The van der Waals surface area contributed by atoms with Gasteiger partial charge in [-0.25, -0.2) is 0 Å². The molecule has 0 heterocycles. The van der Waals surface area contributed by atoms with Crippen LogP contribution in [0.25, 0.3) is 0 Å². The molecule has 0 fully saturated rings. The number of hydrogen-bond donors (Lipinski definition) is 0. The van der Waals surface area contributed by atoms with Crippen molar-refractivity contribution in [1.29, 1.82) is 0 Å². The molecule has 230 valence electrons. The minimum atomic E-state index is -0.877. The van der Waals surface area contributed by atoms with Gasteiger partial charge >= 0.3 is 44.8 Å². The summed E-state index contributed by atoms with van der Waals surface area (Å²) < 4.78 is 0. The molecular formula is C42H32Au2P2+2. The molecule has 0 spiro atoms. The molecule has 0 bridgehead atoms. The third kappa shape index (κ3) is 12.3. The van der Waals surface area contributed by atoms with Crippen molar-refractivity contribution in [1.82, 2.24) is 0 Å². The van der Waals surface area contributed by atoms with Gasteiger partial charge in [-0.05, 0) is 72.8 Å². The largest absolute Gasteiger partial charge is 1.00 e. The van der Waals surface area contributed by atoms with Crippen molar-refractivity contribution < 1.29 is 44.8 Å². The van der Waals surface area contributed by atoms with Gasteiger partial charge in [-0.2, -0.15) is 0 Å². The molecule has 4 heteroatoms. The summed E-state index contributed by atoms with van der Waals surface area (Å²) in [6.45, 7) is 0. The Bertz CT molecular complexity index is 1480. The second kappa shape index (κ2) is 22.8. The van der Waals surface area contributed by atoms with Crippen LogP contribution in [0.1, 0.15) is 0 Å². The van der Waals surface area contributed by atoms with Gasteiger partial charge in [-0.3, -0.25) is 11.8 Å². The Morgan fingerprint density at radius 3 is 0.565 bits per heavy atom. The molecular weight excluding hydrogens is 960 g/mol. The molecule has 6 aromatic carbocycles. The van der Waals surface area contributed by atoms with Crippen molar-refractivity contribution in [2.45, 2.75) is 0 Å². The number of hydrogen-bond acceptors (Lipinski definition) is 0. The molecule has 6 rings (SSSR count). The standard InChI is InChI=1S/2C18H15P.C6.2Au/c2*1-4-10-16(11-5-1)19(17-12-6-2-7-13-17)18-14-8-3-9-15-18;1-3-5-6-4-2;;/h2*1-15H;;;/q;;-2;2*+1/p+2. The first-order valence-corrected chi connectivity index (χ1v) is 17.2. The van der Waals surface area contributed by atoms with Gasteiger partial charge in [0, 0.05) is 0 Å². The molecule has 46 heavy (non-hydrogen) atoms. The summed E-state index contributed by atoms with van der Waals surface area (Å²) in [5.74, 6) is 7.68. The normalized spacial score (nSPS) is 9.13. The van der Waals surface area contributed by atoms with E-state index in [0.29, 0.717) is 0 Å². The maximum atomic E-state index is 6.16. The first-order valence-electron chi connectivity index (χ1n) is 14.2. The molecule has 0 nitrogen and oxygen atoms in total. The predicted octanol–water partition coefficient (Wildman–Crippen LogP) is 6.52. The summed E-state index contributed by atoms with van der Waals surface area (Å²) >= 11 is 0. The smallest absolute Gasteiger partial charge is 0.360 e. The molecule has 0 unspecified atom stereocenters. The monoisotopic (exact) mass is 992 g/mol. The van der Waals surface area contributed by atoms with Crippen LogP contribution in [-0.2, 0) is 44.8 Å². The molecule has 0 radical (unpaired) electrons. The second-order valence-corrected chi connectivity index (χ2v) is 14.4. The van der Waals surface area contributed by atoms with E-state index in [2.05, 4.69) is 194 Å². The van der Waals surface area contributed by atoms with Gasteiger partial charge in [-0.1, -0.05) is 109 Å². The SMILES string of the molecule is [Au+].[Au+].[C-]#CC#CC#[C-].c1ccc([PH+](c2ccccc2)c2ccccc2)cc1.c1ccc([PH+](c2ccccc2)c2ccccc2)cc1. The van der Waals surface area contributed by atoms with Crippen molar-refractivity contribution in [3.05, 3.63) is 195 Å². The van der Waals surface area contributed by atoms with E-state index in [1.807, 2.05) is 0 Å². The van der Waals surface area contributed by atoms with Crippen molar-refractivity contribution >= 4 is 47.7 Å². The minimum Gasteiger partial charge on any atom is -0.360 e. The van der Waals surface area contributed by atoms with E-state index in [1.165, 1.54) is 31.8 Å². The summed E-state index contributed by atoms with van der Waals surface area (Å²) in [5, 5.41) is 8.61. The number of rotatable bonds is 6. The summed E-state index contributed by atoms with van der Waals surface area (Å²) in [5.41, 5.74) is 0. The maximum Gasteiger partial charge on any atom is 1.00 e. The summed E-state index contributed by atoms with van der Waals surface area (Å²) in [4.78, 5) is 0. The van der Waals surface area contributed by atoms with Crippen LogP contribution in [0.2, 0.25) is 0 Å². The average Bonchev–Trinajstić information content (AvgIpc) is 3.11. The molecule has 0 aliphatic heterocycles. The van der Waals surface area contributed by atoms with Crippen molar-refractivity contribution in [3.63, 3.8) is 0 Å². The van der Waals surface area contributed by atoms with Crippen molar-refractivity contribution in [3.8, 4) is 23.7 Å². The summed E-state index contributed by atoms with van der Waals surface area (Å²) in [7, 11) is -1.75. The third-order valence-electron chi connectivity index (χ3n) is 6.56. The van der Waals surface area contributed by atoms with Gasteiger partial charge in [0.25, 0.3) is 0 Å². The Morgan fingerprint density at radius 2 is 0.435 bits per heavy atom. The van der Waals surface area contributed by atoms with Gasteiger partial charge in [-0.15, -0.1) is 0 Å². The predicted molar refractivity (Wildman–Crippen MR) is 195 cm³/mol. The Morgan fingerprint density at radius 1 is 0.283 bits per heavy atom. The minimum absolute atomic E-state index is 0. The van der Waals surface area contributed by atoms with E-state index >= 15 is 0 Å². The van der Waals surface area contributed by atoms with Crippen molar-refractivity contribution in [2.75, 3.05) is 0 Å². The quantitative estimate of drug-likeness (QED) is 0.0773. The van der Waals surface area contributed by atoms with Gasteiger partial charge in [0.2, 0.25) is 0 Å². The van der Waals surface area contributed by atoms with Gasteiger partial charge in [0.15, 0.2) is 0 Å². The maximum absolute atomic E-state index is 6.16. The summed E-state index contributed by atoms with van der Waals surface area (Å²) in [6, 6.07) is 65.0. The number of benzene rings is 6.